The molecule has 106 valence electrons. The van der Waals surface area contributed by atoms with Gasteiger partial charge in [0.05, 0.1) is 26.5 Å². The summed E-state index contributed by atoms with van der Waals surface area (Å²) in [6.07, 6.45) is 2.64. The Labute approximate surface area is 110 Å². The molecule has 1 unspecified atom stereocenters. The molecule has 0 spiro atoms. The highest BCUT2D eigenvalue weighted by Gasteiger charge is 2.39. The Balaban J connectivity index is 2.34. The number of hydrogen-bond acceptors (Lipinski definition) is 6. The highest BCUT2D eigenvalue weighted by Crippen LogP contribution is 2.20. The zero-order chi connectivity index (χ0) is 14.0. The molecule has 0 aromatic carbocycles. The molecule has 0 amide bonds. The van der Waals surface area contributed by atoms with Gasteiger partial charge < -0.3 is 9.47 Å². The third-order valence-corrected chi connectivity index (χ3v) is 4.70. The second-order valence-electron chi connectivity index (χ2n) is 4.08. The topological polar surface area (TPSA) is 90.7 Å². The van der Waals surface area contributed by atoms with E-state index in [0.29, 0.717) is 0 Å². The molecule has 1 atom stereocenters. The Kier molecular flexibility index (Phi) is 3.88. The standard InChI is InChI=1S/C10H15N3O5S/c1-12-6-8(5-11-12)19(15,16)13-3-4-18-7-9(13)10(14)17-2/h5-6,9H,3-4,7H2,1-2H3. The van der Waals surface area contributed by atoms with Crippen molar-refractivity contribution in [3.8, 4) is 0 Å². The molecule has 2 rings (SSSR count). The van der Waals surface area contributed by atoms with E-state index in [1.54, 1.807) is 7.05 Å². The molecule has 0 bridgehead atoms. The van der Waals surface area contributed by atoms with Crippen molar-refractivity contribution in [2.24, 2.45) is 7.05 Å². The first-order valence-electron chi connectivity index (χ1n) is 5.63. The van der Waals surface area contributed by atoms with E-state index >= 15 is 0 Å². The van der Waals surface area contributed by atoms with Crippen molar-refractivity contribution in [1.29, 1.82) is 0 Å². The Morgan fingerprint density at radius 1 is 1.58 bits per heavy atom. The van der Waals surface area contributed by atoms with Crippen molar-refractivity contribution < 1.29 is 22.7 Å². The van der Waals surface area contributed by atoms with Crippen molar-refractivity contribution in [2.45, 2.75) is 10.9 Å². The maximum Gasteiger partial charge on any atom is 0.326 e. The molecule has 1 aromatic rings. The normalized spacial score (nSPS) is 21.3. The zero-order valence-electron chi connectivity index (χ0n) is 10.6. The van der Waals surface area contributed by atoms with Crippen LogP contribution in [0.15, 0.2) is 17.3 Å². The van der Waals surface area contributed by atoms with Crippen molar-refractivity contribution >= 4 is 16.0 Å². The molecule has 9 heteroatoms. The SMILES string of the molecule is COC(=O)C1COCCN1S(=O)(=O)c1cnn(C)c1. The minimum absolute atomic E-state index is 0.00777. The van der Waals surface area contributed by atoms with Gasteiger partial charge in [0.15, 0.2) is 0 Å². The zero-order valence-corrected chi connectivity index (χ0v) is 11.5. The van der Waals surface area contributed by atoms with E-state index < -0.39 is 22.0 Å². The van der Waals surface area contributed by atoms with E-state index in [-0.39, 0.29) is 24.7 Å². The highest BCUT2D eigenvalue weighted by molar-refractivity contribution is 7.89. The van der Waals surface area contributed by atoms with Gasteiger partial charge in [-0.3, -0.25) is 9.48 Å². The number of hydrogen-bond donors (Lipinski definition) is 0. The number of methoxy groups -OCH3 is 1. The Hall–Kier alpha value is -1.45. The van der Waals surface area contributed by atoms with Crippen LogP contribution in [0.5, 0.6) is 0 Å². The summed E-state index contributed by atoms with van der Waals surface area (Å²) in [5, 5.41) is 3.83. The average molecular weight is 289 g/mol. The van der Waals surface area contributed by atoms with Gasteiger partial charge in [-0.25, -0.2) is 8.42 Å². The van der Waals surface area contributed by atoms with Gasteiger partial charge in [-0.1, -0.05) is 0 Å². The third kappa shape index (κ3) is 2.62. The van der Waals surface area contributed by atoms with E-state index in [0.717, 1.165) is 4.31 Å². The molecule has 19 heavy (non-hydrogen) atoms. The van der Waals surface area contributed by atoms with Gasteiger partial charge in [0.2, 0.25) is 10.0 Å². The maximum atomic E-state index is 12.4. The van der Waals surface area contributed by atoms with Gasteiger partial charge in [-0.05, 0) is 0 Å². The number of aryl methyl sites for hydroxylation is 1. The number of aromatic nitrogens is 2. The lowest BCUT2D eigenvalue weighted by atomic mass is 10.3. The summed E-state index contributed by atoms with van der Waals surface area (Å²) in [6.45, 7) is 0.343. The van der Waals surface area contributed by atoms with E-state index in [1.165, 1.54) is 24.2 Å². The lowest BCUT2D eigenvalue weighted by Crippen LogP contribution is -2.52. The molecule has 0 N–H and O–H groups in total. The van der Waals surface area contributed by atoms with Crippen LogP contribution < -0.4 is 0 Å². The number of nitrogens with zero attached hydrogens (tertiary/aromatic N) is 3. The van der Waals surface area contributed by atoms with Crippen LogP contribution in [0.1, 0.15) is 0 Å². The summed E-state index contributed by atoms with van der Waals surface area (Å²) in [7, 11) is -0.941. The number of sulfonamides is 1. The van der Waals surface area contributed by atoms with Crippen LogP contribution in [-0.4, -0.2) is 61.4 Å². The summed E-state index contributed by atoms with van der Waals surface area (Å²) >= 11 is 0. The summed E-state index contributed by atoms with van der Waals surface area (Å²) in [6, 6.07) is -0.955. The molecule has 1 aliphatic rings. The van der Waals surface area contributed by atoms with Gasteiger partial charge in [-0.15, -0.1) is 0 Å². The van der Waals surface area contributed by atoms with Crippen molar-refractivity contribution in [3.63, 3.8) is 0 Å². The second kappa shape index (κ2) is 5.27. The Bertz CT molecular complexity index is 567. The molecular formula is C10H15N3O5S. The molecule has 1 aliphatic heterocycles. The number of carbonyl (C=O) groups is 1. The van der Waals surface area contributed by atoms with Gasteiger partial charge in [0, 0.05) is 19.8 Å². The first-order valence-corrected chi connectivity index (χ1v) is 7.07. The summed E-state index contributed by atoms with van der Waals surface area (Å²) in [5.41, 5.74) is 0. The summed E-state index contributed by atoms with van der Waals surface area (Å²) in [4.78, 5) is 11.7. The number of carbonyl (C=O) groups excluding carboxylic acids is 1. The minimum atomic E-state index is -3.78. The van der Waals surface area contributed by atoms with Crippen molar-refractivity contribution in [2.75, 3.05) is 26.9 Å². The van der Waals surface area contributed by atoms with E-state index in [2.05, 4.69) is 9.84 Å². The minimum Gasteiger partial charge on any atom is -0.468 e. The van der Waals surface area contributed by atoms with Crippen LogP contribution in [0, 0.1) is 0 Å². The van der Waals surface area contributed by atoms with E-state index in [9.17, 15) is 13.2 Å². The fraction of sp³-hybridized carbons (Fsp3) is 0.600. The first kappa shape index (κ1) is 14.0. The predicted octanol–water partition coefficient (Wildman–Crippen LogP) is -1.02. The lowest BCUT2D eigenvalue weighted by molar-refractivity contribution is -0.149. The number of ether oxygens (including phenoxy) is 2. The molecular weight excluding hydrogens is 274 g/mol. The molecule has 1 aromatic heterocycles. The van der Waals surface area contributed by atoms with Crippen LogP contribution in [0.25, 0.3) is 0 Å². The third-order valence-electron chi connectivity index (χ3n) is 2.84. The number of rotatable bonds is 3. The lowest BCUT2D eigenvalue weighted by Gasteiger charge is -2.32. The fourth-order valence-corrected chi connectivity index (χ4v) is 3.40. The molecule has 1 fully saturated rings. The van der Waals surface area contributed by atoms with Crippen LogP contribution in [0.3, 0.4) is 0 Å². The number of morpholine rings is 1. The average Bonchev–Trinajstić information content (AvgIpc) is 2.85. The molecule has 0 radical (unpaired) electrons. The van der Waals surface area contributed by atoms with Crippen LogP contribution in [0.4, 0.5) is 0 Å². The number of esters is 1. The van der Waals surface area contributed by atoms with Gasteiger partial charge in [0.1, 0.15) is 10.9 Å². The molecule has 8 nitrogen and oxygen atoms in total. The quantitative estimate of drug-likeness (QED) is 0.662. The van der Waals surface area contributed by atoms with Crippen molar-refractivity contribution in [1.82, 2.24) is 14.1 Å². The largest absolute Gasteiger partial charge is 0.468 e. The molecule has 0 aliphatic carbocycles. The van der Waals surface area contributed by atoms with E-state index in [1.807, 2.05) is 0 Å². The molecule has 1 saturated heterocycles. The van der Waals surface area contributed by atoms with E-state index in [4.69, 9.17) is 4.74 Å². The predicted molar refractivity (Wildman–Crippen MR) is 63.7 cm³/mol. The van der Waals surface area contributed by atoms with Gasteiger partial charge in [0.25, 0.3) is 0 Å². The van der Waals surface area contributed by atoms with Crippen LogP contribution in [-0.2, 0) is 31.3 Å². The first-order chi connectivity index (χ1) is 8.96. The van der Waals surface area contributed by atoms with Crippen LogP contribution >= 0.6 is 0 Å². The Morgan fingerprint density at radius 2 is 2.32 bits per heavy atom. The second-order valence-corrected chi connectivity index (χ2v) is 5.97. The fourth-order valence-electron chi connectivity index (χ4n) is 1.87. The maximum absolute atomic E-state index is 12.4. The van der Waals surface area contributed by atoms with Gasteiger partial charge >= 0.3 is 5.97 Å². The molecule has 0 saturated carbocycles. The summed E-state index contributed by atoms with van der Waals surface area (Å²) in [5.74, 6) is -0.632. The highest BCUT2D eigenvalue weighted by atomic mass is 32.2. The van der Waals surface area contributed by atoms with Crippen LogP contribution in [0.2, 0.25) is 0 Å². The monoisotopic (exact) mass is 289 g/mol. The summed E-state index contributed by atoms with van der Waals surface area (Å²) < 4.78 is 37.1. The molecule has 2 heterocycles. The Morgan fingerprint density at radius 3 is 2.89 bits per heavy atom. The smallest absolute Gasteiger partial charge is 0.326 e. The van der Waals surface area contributed by atoms with Gasteiger partial charge in [-0.2, -0.15) is 9.40 Å². The van der Waals surface area contributed by atoms with Crippen molar-refractivity contribution in [3.05, 3.63) is 12.4 Å².